The summed E-state index contributed by atoms with van der Waals surface area (Å²) in [5.74, 6) is -0.811. The molecule has 0 saturated heterocycles. The van der Waals surface area contributed by atoms with Gasteiger partial charge in [0.25, 0.3) is 0 Å². The summed E-state index contributed by atoms with van der Waals surface area (Å²) in [6.07, 6.45) is 3.89. The van der Waals surface area contributed by atoms with Crippen LogP contribution in [0, 0.1) is 16.7 Å². The topological polar surface area (TPSA) is 115 Å². The van der Waals surface area contributed by atoms with Crippen molar-refractivity contribution in [3.05, 3.63) is 23.7 Å². The first kappa shape index (κ1) is 20.7. The predicted octanol–water partition coefficient (Wildman–Crippen LogP) is 1.70. The lowest BCUT2D eigenvalue weighted by atomic mass is 9.93. The van der Waals surface area contributed by atoms with Crippen LogP contribution in [-0.4, -0.2) is 31.3 Å². The molecule has 0 aliphatic heterocycles. The molecule has 0 radical (unpaired) electrons. The molecule has 0 atom stereocenters. The third-order valence-corrected chi connectivity index (χ3v) is 2.79. The van der Waals surface area contributed by atoms with E-state index in [1.54, 1.807) is 26.8 Å². The highest BCUT2D eigenvalue weighted by Gasteiger charge is 2.21. The van der Waals surface area contributed by atoms with E-state index in [0.29, 0.717) is 6.61 Å². The second-order valence-electron chi connectivity index (χ2n) is 5.88. The molecule has 23 heavy (non-hydrogen) atoms. The van der Waals surface area contributed by atoms with E-state index in [1.807, 2.05) is 13.8 Å². The van der Waals surface area contributed by atoms with Gasteiger partial charge in [0.1, 0.15) is 5.57 Å². The lowest BCUT2D eigenvalue weighted by molar-refractivity contribution is -0.138. The van der Waals surface area contributed by atoms with Crippen LogP contribution >= 0.6 is 0 Å². The van der Waals surface area contributed by atoms with Crippen LogP contribution in [0.2, 0.25) is 0 Å². The van der Waals surface area contributed by atoms with E-state index in [1.165, 1.54) is 6.20 Å². The van der Waals surface area contributed by atoms with Gasteiger partial charge in [-0.25, -0.2) is 4.79 Å². The maximum absolute atomic E-state index is 11.9. The maximum atomic E-state index is 11.9. The second kappa shape index (κ2) is 9.66. The van der Waals surface area contributed by atoms with E-state index in [9.17, 15) is 9.59 Å². The molecule has 0 aliphatic carbocycles. The van der Waals surface area contributed by atoms with Gasteiger partial charge in [-0.15, -0.1) is 0 Å². The smallest absolute Gasteiger partial charge is 0.345 e. The van der Waals surface area contributed by atoms with E-state index in [2.05, 4.69) is 5.32 Å². The quantitative estimate of drug-likeness (QED) is 0.245. The normalized spacial score (nSPS) is 12.8. The van der Waals surface area contributed by atoms with E-state index in [0.717, 1.165) is 6.21 Å². The number of rotatable bonds is 10. The van der Waals surface area contributed by atoms with E-state index in [4.69, 9.17) is 20.6 Å². The molecule has 7 heteroatoms. The molecule has 130 valence electrons. The molecule has 7 nitrogen and oxygen atoms in total. The number of primary amides is 1. The molecule has 0 saturated carbocycles. The average Bonchev–Trinajstić information content (AvgIpc) is 2.44. The average molecular weight is 325 g/mol. The number of nitrogens with two attached hydrogens (primary N) is 1. The molecule has 0 aromatic rings. The highest BCUT2D eigenvalue weighted by molar-refractivity contribution is 6.08. The van der Waals surface area contributed by atoms with Gasteiger partial charge >= 0.3 is 5.97 Å². The van der Waals surface area contributed by atoms with Crippen LogP contribution < -0.4 is 11.1 Å². The van der Waals surface area contributed by atoms with E-state index >= 15 is 0 Å². The Balaban J connectivity index is 5.35. The van der Waals surface area contributed by atoms with Crippen molar-refractivity contribution in [3.8, 4) is 0 Å². The number of amides is 1. The van der Waals surface area contributed by atoms with Crippen LogP contribution in [0.15, 0.2) is 23.7 Å². The molecule has 4 N–H and O–H groups in total. The van der Waals surface area contributed by atoms with Gasteiger partial charge in [0.15, 0.2) is 0 Å². The first-order valence-corrected chi connectivity index (χ1v) is 7.44. The maximum Gasteiger partial charge on any atom is 0.345 e. The number of nitrogens with one attached hydrogen (secondary N) is 2. The molecule has 0 spiro atoms. The number of ether oxygens (including phenoxy) is 2. The zero-order chi connectivity index (χ0) is 18.0. The molecular weight excluding hydrogens is 298 g/mol. The van der Waals surface area contributed by atoms with Crippen molar-refractivity contribution in [1.82, 2.24) is 5.32 Å². The van der Waals surface area contributed by atoms with E-state index < -0.39 is 17.3 Å². The summed E-state index contributed by atoms with van der Waals surface area (Å²) in [6, 6.07) is 0. The van der Waals surface area contributed by atoms with Crippen LogP contribution in [0.25, 0.3) is 0 Å². The Labute approximate surface area is 137 Å². The fourth-order valence-electron chi connectivity index (χ4n) is 1.28. The van der Waals surface area contributed by atoms with Crippen LogP contribution in [0.1, 0.15) is 34.6 Å². The van der Waals surface area contributed by atoms with Crippen molar-refractivity contribution in [1.29, 1.82) is 5.41 Å². The monoisotopic (exact) mass is 325 g/mol. The van der Waals surface area contributed by atoms with Crippen molar-refractivity contribution in [2.24, 2.45) is 17.1 Å². The fourth-order valence-corrected chi connectivity index (χ4v) is 1.28. The molecule has 0 heterocycles. The SMILES string of the molecule is CCOC(=O)/C(C=N)=C(/N/C=C/C(C)(C)C(N)=O)OCC(C)C. The third-order valence-electron chi connectivity index (χ3n) is 2.79. The Hall–Kier alpha value is -2.31. The minimum absolute atomic E-state index is 0.0333. The summed E-state index contributed by atoms with van der Waals surface area (Å²) >= 11 is 0. The van der Waals surface area contributed by atoms with Crippen molar-refractivity contribution < 1.29 is 19.1 Å². The Morgan fingerprint density at radius 1 is 1.30 bits per heavy atom. The van der Waals surface area contributed by atoms with Gasteiger partial charge in [-0.05, 0) is 26.7 Å². The number of hydrogen-bond donors (Lipinski definition) is 3. The number of carbonyl (C=O) groups excluding carboxylic acids is 2. The first-order chi connectivity index (χ1) is 10.7. The van der Waals surface area contributed by atoms with Gasteiger partial charge in [0.05, 0.1) is 18.6 Å². The fraction of sp³-hybridized carbons (Fsp3) is 0.562. The molecule has 0 unspecified atom stereocenters. The van der Waals surface area contributed by atoms with Crippen LogP contribution in [0.5, 0.6) is 0 Å². The predicted molar refractivity (Wildman–Crippen MR) is 88.5 cm³/mol. The summed E-state index contributed by atoms with van der Waals surface area (Å²) < 4.78 is 10.5. The number of hydrogen-bond acceptors (Lipinski definition) is 6. The summed E-state index contributed by atoms with van der Waals surface area (Å²) in [7, 11) is 0. The minimum atomic E-state index is -0.856. The summed E-state index contributed by atoms with van der Waals surface area (Å²) in [4.78, 5) is 23.2. The second-order valence-corrected chi connectivity index (χ2v) is 5.88. The number of esters is 1. The van der Waals surface area contributed by atoms with Crippen molar-refractivity contribution in [2.45, 2.75) is 34.6 Å². The lowest BCUT2D eigenvalue weighted by Crippen LogP contribution is -2.30. The Kier molecular flexibility index (Phi) is 8.69. The molecule has 0 rings (SSSR count). The minimum Gasteiger partial charge on any atom is -0.478 e. The molecular formula is C16H27N3O4. The molecule has 0 aromatic heterocycles. The molecule has 1 amide bonds. The van der Waals surface area contributed by atoms with Crippen LogP contribution in [0.3, 0.4) is 0 Å². The van der Waals surface area contributed by atoms with Gasteiger partial charge in [-0.3, -0.25) is 4.79 Å². The standard InChI is InChI=1S/C16H27N3O4/c1-6-22-14(20)12(9-17)13(23-10-11(2)3)19-8-7-16(4,5)15(18)21/h7-9,11,17,19H,6,10H2,1-5H3,(H2,18,21)/b8-7+,13-12-,17-9?. The van der Waals surface area contributed by atoms with Gasteiger partial charge < -0.3 is 25.9 Å². The van der Waals surface area contributed by atoms with Crippen molar-refractivity contribution >= 4 is 18.1 Å². The molecule has 0 fully saturated rings. The summed E-state index contributed by atoms with van der Waals surface area (Å²) in [5, 5.41) is 10.2. The van der Waals surface area contributed by atoms with Crippen LogP contribution in [-0.2, 0) is 19.1 Å². The highest BCUT2D eigenvalue weighted by atomic mass is 16.5. The van der Waals surface area contributed by atoms with E-state index in [-0.39, 0.29) is 24.0 Å². The Morgan fingerprint density at radius 3 is 2.35 bits per heavy atom. The van der Waals surface area contributed by atoms with Crippen molar-refractivity contribution in [2.75, 3.05) is 13.2 Å². The molecule has 0 aromatic carbocycles. The molecule has 0 aliphatic rings. The van der Waals surface area contributed by atoms with Gasteiger partial charge in [-0.1, -0.05) is 19.9 Å². The molecule has 0 bridgehead atoms. The van der Waals surface area contributed by atoms with Gasteiger partial charge in [-0.2, -0.15) is 0 Å². The van der Waals surface area contributed by atoms with Gasteiger partial charge in [0, 0.05) is 12.4 Å². The van der Waals surface area contributed by atoms with Crippen LogP contribution in [0.4, 0.5) is 0 Å². The zero-order valence-electron chi connectivity index (χ0n) is 14.4. The highest BCUT2D eigenvalue weighted by Crippen LogP contribution is 2.15. The summed E-state index contributed by atoms with van der Waals surface area (Å²) in [5.41, 5.74) is 4.40. The Morgan fingerprint density at radius 2 is 1.91 bits per heavy atom. The summed E-state index contributed by atoms with van der Waals surface area (Å²) in [6.45, 7) is 9.46. The zero-order valence-corrected chi connectivity index (χ0v) is 14.4. The largest absolute Gasteiger partial charge is 0.478 e. The Bertz CT molecular complexity index is 494. The first-order valence-electron chi connectivity index (χ1n) is 7.44. The lowest BCUT2D eigenvalue weighted by Gasteiger charge is -2.17. The van der Waals surface area contributed by atoms with Gasteiger partial charge in [0.2, 0.25) is 11.8 Å². The number of carbonyl (C=O) groups is 2. The van der Waals surface area contributed by atoms with Crippen molar-refractivity contribution in [3.63, 3.8) is 0 Å². The third kappa shape index (κ3) is 7.49.